The number of fused-ring (bicyclic) bond motifs is 2. The van der Waals surface area contributed by atoms with Gasteiger partial charge in [0.05, 0.1) is 29.3 Å². The van der Waals surface area contributed by atoms with Crippen molar-refractivity contribution in [2.24, 2.45) is 0 Å². The van der Waals surface area contributed by atoms with E-state index in [1.54, 1.807) is 0 Å². The highest BCUT2D eigenvalue weighted by molar-refractivity contribution is 8.00. The summed E-state index contributed by atoms with van der Waals surface area (Å²) in [4.78, 5) is 15.7. The minimum absolute atomic E-state index is 0.0807. The van der Waals surface area contributed by atoms with E-state index in [9.17, 15) is 4.79 Å². The fraction of sp³-hybridized carbons (Fsp3) is 0.312. The molecule has 0 saturated carbocycles. The zero-order chi connectivity index (χ0) is 14.7. The Kier molecular flexibility index (Phi) is 4.73. The first-order valence-corrected chi connectivity index (χ1v) is 8.96. The van der Waals surface area contributed by atoms with Crippen molar-refractivity contribution >= 4 is 35.1 Å². The van der Waals surface area contributed by atoms with Crippen LogP contribution in [0.2, 0.25) is 0 Å². The zero-order valence-corrected chi connectivity index (χ0v) is 13.1. The Morgan fingerprint density at radius 1 is 1.29 bits per heavy atom. The summed E-state index contributed by atoms with van der Waals surface area (Å²) >= 11 is 3.29. The molecule has 0 aromatic heterocycles. The third kappa shape index (κ3) is 3.05. The lowest BCUT2D eigenvalue weighted by molar-refractivity contribution is -0.116. The molecule has 1 aromatic rings. The summed E-state index contributed by atoms with van der Waals surface area (Å²) in [6.07, 6.45) is 8.32. The van der Waals surface area contributed by atoms with E-state index in [2.05, 4.69) is 18.2 Å². The molecule has 0 fully saturated rings. The molecule has 2 aliphatic rings. The normalized spacial score (nSPS) is 22.8. The Labute approximate surface area is 133 Å². The number of aliphatic hydroxyl groups is 1. The average Bonchev–Trinajstić information content (AvgIpc) is 2.52. The van der Waals surface area contributed by atoms with Crippen molar-refractivity contribution in [1.29, 1.82) is 0 Å². The Hall–Kier alpha value is -1.17. The third-order valence-electron chi connectivity index (χ3n) is 3.47. The van der Waals surface area contributed by atoms with Crippen molar-refractivity contribution in [2.75, 3.05) is 23.0 Å². The molecular formula is C16H17NO2S2. The van der Waals surface area contributed by atoms with Gasteiger partial charge >= 0.3 is 0 Å². The average molecular weight is 319 g/mol. The van der Waals surface area contributed by atoms with Crippen LogP contribution in [0, 0.1) is 0 Å². The molecule has 1 amide bonds. The number of thioether (sulfide) groups is 2. The Morgan fingerprint density at radius 2 is 2.10 bits per heavy atom. The lowest BCUT2D eigenvalue weighted by atomic mass is 10.0. The predicted octanol–water partition coefficient (Wildman–Crippen LogP) is 2.71. The van der Waals surface area contributed by atoms with E-state index in [0.717, 1.165) is 10.6 Å². The van der Waals surface area contributed by atoms with E-state index in [1.807, 2.05) is 47.0 Å². The second-order valence-electron chi connectivity index (χ2n) is 4.85. The largest absolute Gasteiger partial charge is 0.396 e. The van der Waals surface area contributed by atoms with Crippen LogP contribution in [-0.2, 0) is 4.79 Å². The quantitative estimate of drug-likeness (QED) is 0.866. The van der Waals surface area contributed by atoms with Gasteiger partial charge in [0.25, 0.3) is 0 Å². The molecule has 21 heavy (non-hydrogen) atoms. The number of carbonyl (C=O) groups excluding carboxylic acids is 1. The van der Waals surface area contributed by atoms with E-state index in [0.29, 0.717) is 11.5 Å². The maximum absolute atomic E-state index is 12.6. The van der Waals surface area contributed by atoms with Gasteiger partial charge in [0, 0.05) is 10.6 Å². The van der Waals surface area contributed by atoms with E-state index >= 15 is 0 Å². The van der Waals surface area contributed by atoms with Crippen LogP contribution in [0.5, 0.6) is 0 Å². The maximum atomic E-state index is 12.6. The van der Waals surface area contributed by atoms with Gasteiger partial charge < -0.3 is 10.0 Å². The molecule has 0 radical (unpaired) electrons. The van der Waals surface area contributed by atoms with Crippen molar-refractivity contribution in [2.45, 2.75) is 16.2 Å². The van der Waals surface area contributed by atoms with Gasteiger partial charge in [-0.05, 0) is 12.1 Å². The Bertz CT molecular complexity index is 585. The van der Waals surface area contributed by atoms with Crippen LogP contribution in [0.15, 0.2) is 53.5 Å². The standard InChI is InChI=1S/C16H17NO2S2/c18-9-10-20-11-16(19)17-12-5-1-3-7-14(12)21-15-8-4-2-6-13(15)17/h1-8,12,14,18H,9-11H2/t12-,14-/m1/s1. The summed E-state index contributed by atoms with van der Waals surface area (Å²) in [5, 5.41) is 9.14. The number of hydrogen-bond acceptors (Lipinski definition) is 4. The maximum Gasteiger partial charge on any atom is 0.237 e. The van der Waals surface area contributed by atoms with Crippen LogP contribution < -0.4 is 4.90 Å². The van der Waals surface area contributed by atoms with E-state index < -0.39 is 0 Å². The molecular weight excluding hydrogens is 302 g/mol. The van der Waals surface area contributed by atoms with Crippen LogP contribution in [-0.4, -0.2) is 40.4 Å². The van der Waals surface area contributed by atoms with Gasteiger partial charge in [-0.15, -0.1) is 23.5 Å². The minimum atomic E-state index is 0.0807. The first kappa shape index (κ1) is 14.8. The number of hydrogen-bond donors (Lipinski definition) is 1. The van der Waals surface area contributed by atoms with Crippen LogP contribution >= 0.6 is 23.5 Å². The predicted molar refractivity (Wildman–Crippen MR) is 90.1 cm³/mol. The van der Waals surface area contributed by atoms with Crippen molar-refractivity contribution in [3.63, 3.8) is 0 Å². The van der Waals surface area contributed by atoms with Gasteiger partial charge in [-0.3, -0.25) is 4.79 Å². The van der Waals surface area contributed by atoms with Gasteiger partial charge in [0.15, 0.2) is 0 Å². The second kappa shape index (κ2) is 6.73. The molecule has 2 atom stereocenters. The van der Waals surface area contributed by atoms with Crippen LogP contribution in [0.3, 0.4) is 0 Å². The first-order chi connectivity index (χ1) is 10.3. The number of rotatable bonds is 4. The van der Waals surface area contributed by atoms with Gasteiger partial charge in [0.1, 0.15) is 0 Å². The summed E-state index contributed by atoms with van der Waals surface area (Å²) in [6.45, 7) is 0.110. The highest BCUT2D eigenvalue weighted by Crippen LogP contribution is 2.43. The van der Waals surface area contributed by atoms with Gasteiger partial charge in [-0.2, -0.15) is 0 Å². The highest BCUT2D eigenvalue weighted by Gasteiger charge is 2.36. The molecule has 3 nitrogen and oxygen atoms in total. The number of benzene rings is 1. The first-order valence-electron chi connectivity index (χ1n) is 6.92. The molecule has 1 N–H and O–H groups in total. The second-order valence-corrected chi connectivity index (χ2v) is 7.18. The van der Waals surface area contributed by atoms with E-state index in [4.69, 9.17) is 5.11 Å². The number of nitrogens with zero attached hydrogens (tertiary/aromatic N) is 1. The number of carbonyl (C=O) groups is 1. The zero-order valence-electron chi connectivity index (χ0n) is 11.5. The molecule has 0 bridgehead atoms. The summed E-state index contributed by atoms with van der Waals surface area (Å²) in [5.41, 5.74) is 0.998. The lowest BCUT2D eigenvalue weighted by Crippen LogP contribution is -2.48. The monoisotopic (exact) mass is 319 g/mol. The molecule has 1 aromatic carbocycles. The SMILES string of the molecule is O=C(CSCCO)N1c2ccccc2S[C@@H]2C=CC=C[C@H]21. The number of allylic oxidation sites excluding steroid dienone is 2. The number of aliphatic hydroxyl groups excluding tert-OH is 1. The minimum Gasteiger partial charge on any atom is -0.396 e. The summed E-state index contributed by atoms with van der Waals surface area (Å²) in [6, 6.07) is 8.15. The fourth-order valence-corrected chi connectivity index (χ4v) is 4.42. The molecule has 110 valence electrons. The van der Waals surface area contributed by atoms with Crippen LogP contribution in [0.1, 0.15) is 0 Å². The lowest BCUT2D eigenvalue weighted by Gasteiger charge is -2.40. The third-order valence-corrected chi connectivity index (χ3v) is 5.70. The summed E-state index contributed by atoms with van der Waals surface area (Å²) in [5.74, 6) is 1.11. The summed E-state index contributed by atoms with van der Waals surface area (Å²) in [7, 11) is 0. The van der Waals surface area contributed by atoms with Crippen LogP contribution in [0.25, 0.3) is 0 Å². The van der Waals surface area contributed by atoms with Gasteiger partial charge in [-0.1, -0.05) is 36.4 Å². The van der Waals surface area contributed by atoms with Gasteiger partial charge in [-0.25, -0.2) is 0 Å². The van der Waals surface area contributed by atoms with Crippen LogP contribution in [0.4, 0.5) is 5.69 Å². The number of anilines is 1. The van der Waals surface area contributed by atoms with Crippen molar-refractivity contribution < 1.29 is 9.90 Å². The molecule has 5 heteroatoms. The number of para-hydroxylation sites is 1. The molecule has 1 heterocycles. The van der Waals surface area contributed by atoms with Crippen molar-refractivity contribution in [3.8, 4) is 0 Å². The summed E-state index contributed by atoms with van der Waals surface area (Å²) < 4.78 is 0. The Balaban J connectivity index is 1.89. The van der Waals surface area contributed by atoms with Gasteiger partial charge in [0.2, 0.25) is 5.91 Å². The van der Waals surface area contributed by atoms with Crippen molar-refractivity contribution in [3.05, 3.63) is 48.6 Å². The molecule has 3 rings (SSSR count). The molecule has 0 unspecified atom stereocenters. The fourth-order valence-electron chi connectivity index (χ4n) is 2.57. The van der Waals surface area contributed by atoms with E-state index in [-0.39, 0.29) is 23.8 Å². The highest BCUT2D eigenvalue weighted by atomic mass is 32.2. The Morgan fingerprint density at radius 3 is 2.95 bits per heavy atom. The smallest absolute Gasteiger partial charge is 0.237 e. The molecule has 1 aliphatic heterocycles. The molecule has 0 saturated heterocycles. The topological polar surface area (TPSA) is 40.5 Å². The molecule has 0 spiro atoms. The van der Waals surface area contributed by atoms with Crippen molar-refractivity contribution in [1.82, 2.24) is 0 Å². The number of amides is 1. The van der Waals surface area contributed by atoms with E-state index in [1.165, 1.54) is 11.8 Å². The molecule has 1 aliphatic carbocycles.